The third-order valence-corrected chi connectivity index (χ3v) is 7.67. The Kier molecular flexibility index (Phi) is 4.42. The van der Waals surface area contributed by atoms with Gasteiger partial charge in [0.2, 0.25) is 11.8 Å². The highest BCUT2D eigenvalue weighted by Gasteiger charge is 2.73. The molecule has 2 amide bonds. The molecule has 4 rings (SSSR count). The highest BCUT2D eigenvalue weighted by molar-refractivity contribution is 7.93. The van der Waals surface area contributed by atoms with Crippen LogP contribution in [0.3, 0.4) is 0 Å². The van der Waals surface area contributed by atoms with Gasteiger partial charge in [-0.25, -0.2) is 13.2 Å². The first-order chi connectivity index (χ1) is 13.8. The zero-order chi connectivity index (χ0) is 20.8. The molecule has 0 spiro atoms. The third kappa shape index (κ3) is 2.72. The van der Waals surface area contributed by atoms with Gasteiger partial charge in [0, 0.05) is 5.56 Å². The zero-order valence-corrected chi connectivity index (χ0v) is 16.0. The first-order valence-corrected chi connectivity index (χ1v) is 10.6. The Morgan fingerprint density at radius 2 is 1.66 bits per heavy atom. The number of aliphatic carboxylic acids is 1. The Labute approximate surface area is 167 Å². The van der Waals surface area contributed by atoms with E-state index in [9.17, 15) is 27.9 Å². The number of sulfone groups is 1. The molecule has 2 saturated heterocycles. The molecule has 3 atom stereocenters. The molecule has 0 bridgehead atoms. The van der Waals surface area contributed by atoms with Gasteiger partial charge in [0.1, 0.15) is 6.04 Å². The molecule has 9 heteroatoms. The highest BCUT2D eigenvalue weighted by Crippen LogP contribution is 2.48. The van der Waals surface area contributed by atoms with Crippen LogP contribution in [0.4, 0.5) is 0 Å². The van der Waals surface area contributed by atoms with Crippen molar-refractivity contribution >= 4 is 27.6 Å². The van der Waals surface area contributed by atoms with Crippen LogP contribution in [0.15, 0.2) is 60.7 Å². The maximum atomic E-state index is 13.0. The van der Waals surface area contributed by atoms with Crippen LogP contribution in [-0.4, -0.2) is 54.0 Å². The minimum atomic E-state index is -4.24. The molecule has 0 unspecified atom stereocenters. The van der Waals surface area contributed by atoms with E-state index in [2.05, 4.69) is 5.32 Å². The SMILES string of the molecule is O=C(Cc1ccccc1)N[C@@H]1C(=O)N2[C@@H]1CS(=O)(=O)[C@@]2(C(=O)O)c1ccccc1. The summed E-state index contributed by atoms with van der Waals surface area (Å²) in [6, 6.07) is 14.3. The molecule has 0 saturated carbocycles. The number of rotatable bonds is 5. The molecular formula is C20H18N2O6S. The van der Waals surface area contributed by atoms with Crippen LogP contribution in [0.2, 0.25) is 0 Å². The van der Waals surface area contributed by atoms with E-state index in [0.29, 0.717) is 0 Å². The van der Waals surface area contributed by atoms with E-state index in [0.717, 1.165) is 10.5 Å². The van der Waals surface area contributed by atoms with E-state index in [1.165, 1.54) is 24.3 Å². The fraction of sp³-hybridized carbons (Fsp3) is 0.250. The molecule has 2 aliphatic heterocycles. The van der Waals surface area contributed by atoms with Crippen molar-refractivity contribution in [3.05, 3.63) is 71.8 Å². The summed E-state index contributed by atoms with van der Waals surface area (Å²) in [7, 11) is -4.24. The van der Waals surface area contributed by atoms with Gasteiger partial charge >= 0.3 is 5.97 Å². The van der Waals surface area contributed by atoms with Crippen molar-refractivity contribution in [3.63, 3.8) is 0 Å². The van der Waals surface area contributed by atoms with Crippen molar-refractivity contribution in [2.24, 2.45) is 0 Å². The van der Waals surface area contributed by atoms with Crippen molar-refractivity contribution in [1.82, 2.24) is 10.2 Å². The maximum absolute atomic E-state index is 13.0. The summed E-state index contributed by atoms with van der Waals surface area (Å²) in [4.78, 5) is 35.7. The lowest BCUT2D eigenvalue weighted by atomic mass is 9.90. The molecule has 2 aromatic rings. The van der Waals surface area contributed by atoms with Gasteiger partial charge in [-0.3, -0.25) is 9.59 Å². The molecule has 2 aliphatic rings. The number of nitrogens with one attached hydrogen (secondary N) is 1. The van der Waals surface area contributed by atoms with E-state index < -0.39 is 50.3 Å². The van der Waals surface area contributed by atoms with Gasteiger partial charge < -0.3 is 15.3 Å². The third-order valence-electron chi connectivity index (χ3n) is 5.38. The van der Waals surface area contributed by atoms with Crippen molar-refractivity contribution in [1.29, 1.82) is 0 Å². The molecule has 150 valence electrons. The molecule has 0 aliphatic carbocycles. The van der Waals surface area contributed by atoms with Crippen LogP contribution in [0.1, 0.15) is 11.1 Å². The van der Waals surface area contributed by atoms with Gasteiger partial charge in [-0.05, 0) is 5.56 Å². The van der Waals surface area contributed by atoms with Crippen molar-refractivity contribution in [2.45, 2.75) is 23.4 Å². The van der Waals surface area contributed by atoms with Crippen molar-refractivity contribution in [2.75, 3.05) is 5.75 Å². The van der Waals surface area contributed by atoms with Crippen molar-refractivity contribution in [3.8, 4) is 0 Å². The monoisotopic (exact) mass is 414 g/mol. The predicted molar refractivity (Wildman–Crippen MR) is 102 cm³/mol. The van der Waals surface area contributed by atoms with Crippen LogP contribution in [0.25, 0.3) is 0 Å². The minimum Gasteiger partial charge on any atom is -0.478 e. The number of amides is 2. The average Bonchev–Trinajstić information content (AvgIpc) is 2.93. The smallest absolute Gasteiger partial charge is 0.350 e. The number of carbonyl (C=O) groups excluding carboxylic acids is 2. The Morgan fingerprint density at radius 3 is 2.24 bits per heavy atom. The van der Waals surface area contributed by atoms with Crippen LogP contribution in [0.5, 0.6) is 0 Å². The number of carboxylic acid groups (broad SMARTS) is 1. The number of fused-ring (bicyclic) bond motifs is 1. The van der Waals surface area contributed by atoms with Crippen LogP contribution >= 0.6 is 0 Å². The van der Waals surface area contributed by atoms with Gasteiger partial charge in [0.25, 0.3) is 4.87 Å². The topological polar surface area (TPSA) is 121 Å². The van der Waals surface area contributed by atoms with Gasteiger partial charge in [-0.15, -0.1) is 0 Å². The lowest BCUT2D eigenvalue weighted by Crippen LogP contribution is -2.74. The summed E-state index contributed by atoms with van der Waals surface area (Å²) in [5.74, 6) is -3.31. The van der Waals surface area contributed by atoms with Crippen LogP contribution < -0.4 is 5.32 Å². The quantitative estimate of drug-likeness (QED) is 0.679. The first-order valence-electron chi connectivity index (χ1n) is 8.96. The van der Waals surface area contributed by atoms with Crippen LogP contribution in [-0.2, 0) is 35.5 Å². The predicted octanol–water partition coefficient (Wildman–Crippen LogP) is 0.291. The zero-order valence-electron chi connectivity index (χ0n) is 15.2. The fourth-order valence-corrected chi connectivity index (χ4v) is 6.42. The van der Waals surface area contributed by atoms with E-state index in [1.807, 2.05) is 6.07 Å². The largest absolute Gasteiger partial charge is 0.478 e. The number of carbonyl (C=O) groups is 3. The maximum Gasteiger partial charge on any atom is 0.350 e. The normalized spacial score (nSPS) is 27.0. The number of benzene rings is 2. The molecule has 8 nitrogen and oxygen atoms in total. The number of hydrogen-bond acceptors (Lipinski definition) is 5. The minimum absolute atomic E-state index is 0.00240. The van der Waals surface area contributed by atoms with Gasteiger partial charge in [-0.2, -0.15) is 0 Å². The molecule has 2 heterocycles. The van der Waals surface area contributed by atoms with Gasteiger partial charge in [0.05, 0.1) is 18.2 Å². The summed E-state index contributed by atoms with van der Waals surface area (Å²) in [6.45, 7) is 0. The van der Waals surface area contributed by atoms with E-state index >= 15 is 0 Å². The number of nitrogens with zero attached hydrogens (tertiary/aromatic N) is 1. The summed E-state index contributed by atoms with van der Waals surface area (Å²) >= 11 is 0. The standard InChI is InChI=1S/C20H18N2O6S/c23-16(11-13-7-3-1-4-8-13)21-17-15-12-29(27,28)20(19(25)26,22(15)18(17)24)14-9-5-2-6-10-14/h1-10,15,17H,11-12H2,(H,21,23)(H,25,26)/t15-,17+,20-/m1/s1. The highest BCUT2D eigenvalue weighted by atomic mass is 32.2. The number of hydrogen-bond donors (Lipinski definition) is 2. The van der Waals surface area contributed by atoms with E-state index in [4.69, 9.17) is 0 Å². The molecule has 0 aromatic heterocycles. The summed E-state index contributed by atoms with van der Waals surface area (Å²) in [6.07, 6.45) is 0.0346. The van der Waals surface area contributed by atoms with E-state index in [-0.39, 0.29) is 12.0 Å². The summed E-state index contributed by atoms with van der Waals surface area (Å²) in [5, 5.41) is 12.5. The number of β-lactam (4-membered cyclic amide) rings is 1. The second-order valence-corrected chi connectivity index (χ2v) is 9.23. The molecule has 2 fully saturated rings. The molecule has 2 aromatic carbocycles. The first kappa shape index (κ1) is 19.1. The Balaban J connectivity index is 1.62. The molecular weight excluding hydrogens is 396 g/mol. The van der Waals surface area contributed by atoms with E-state index in [1.54, 1.807) is 30.3 Å². The van der Waals surface area contributed by atoms with Gasteiger partial charge in [-0.1, -0.05) is 60.7 Å². The summed E-state index contributed by atoms with van der Waals surface area (Å²) in [5.41, 5.74) is 0.745. The Hall–Kier alpha value is -3.20. The molecule has 0 radical (unpaired) electrons. The average molecular weight is 414 g/mol. The van der Waals surface area contributed by atoms with Gasteiger partial charge in [0.15, 0.2) is 9.84 Å². The second kappa shape index (κ2) is 6.70. The van der Waals surface area contributed by atoms with Crippen LogP contribution in [0, 0.1) is 0 Å². The molecule has 2 N–H and O–H groups in total. The second-order valence-electron chi connectivity index (χ2n) is 7.08. The summed E-state index contributed by atoms with van der Waals surface area (Å²) < 4.78 is 25.9. The Morgan fingerprint density at radius 1 is 1.07 bits per heavy atom. The lowest BCUT2D eigenvalue weighted by molar-refractivity contribution is -0.167. The number of carboxylic acids is 1. The Bertz CT molecular complexity index is 1090. The fourth-order valence-electron chi connectivity index (χ4n) is 4.11. The molecule has 29 heavy (non-hydrogen) atoms. The lowest BCUT2D eigenvalue weighted by Gasteiger charge is -2.47. The van der Waals surface area contributed by atoms with Crippen molar-refractivity contribution < 1.29 is 27.9 Å².